The molecule has 0 unspecified atom stereocenters. The third kappa shape index (κ3) is 2.42. The first-order valence-electron chi connectivity index (χ1n) is 9.34. The van der Waals surface area contributed by atoms with Crippen molar-refractivity contribution in [3.05, 3.63) is 65.2 Å². The Morgan fingerprint density at radius 1 is 1.11 bits per heavy atom. The molecule has 2 aromatic carbocycles. The number of benzene rings is 2. The molecule has 5 rings (SSSR count). The molecule has 144 valence electrons. The number of rotatable bonds is 3. The quantitative estimate of drug-likeness (QED) is 0.790. The highest BCUT2D eigenvalue weighted by atomic mass is 32.2. The molecule has 0 aromatic heterocycles. The molecule has 1 atom stereocenters. The first kappa shape index (κ1) is 17.7. The summed E-state index contributed by atoms with van der Waals surface area (Å²) >= 11 is 1.43. The predicted octanol–water partition coefficient (Wildman–Crippen LogP) is 3.65. The smallest absolute Gasteiger partial charge is 0.268 e. The van der Waals surface area contributed by atoms with E-state index in [-0.39, 0.29) is 29.8 Å². The lowest BCUT2D eigenvalue weighted by molar-refractivity contribution is -0.141. The van der Waals surface area contributed by atoms with Gasteiger partial charge in [-0.05, 0) is 31.0 Å². The Labute approximate surface area is 165 Å². The molecule has 0 bridgehead atoms. The number of carbonyl (C=O) groups excluding carboxylic acids is 2. The van der Waals surface area contributed by atoms with E-state index in [1.54, 1.807) is 17.0 Å². The van der Waals surface area contributed by atoms with E-state index < -0.39 is 16.5 Å². The van der Waals surface area contributed by atoms with E-state index in [2.05, 4.69) is 0 Å². The molecule has 1 saturated carbocycles. The SMILES string of the molecule is O=C(C1CC1)N1CCS[C@]12C(=O)N(Cc1c(F)cccc1F)c1ccccc12. The maximum atomic E-state index is 14.2. The molecule has 2 amide bonds. The van der Waals surface area contributed by atoms with Crippen LogP contribution in [-0.2, 0) is 21.0 Å². The van der Waals surface area contributed by atoms with Crippen molar-refractivity contribution in [1.82, 2.24) is 4.90 Å². The van der Waals surface area contributed by atoms with Crippen molar-refractivity contribution >= 4 is 29.3 Å². The zero-order chi connectivity index (χ0) is 19.5. The molecule has 2 aromatic rings. The molecule has 0 N–H and O–H groups in total. The van der Waals surface area contributed by atoms with Crippen molar-refractivity contribution in [2.75, 3.05) is 17.2 Å². The van der Waals surface area contributed by atoms with E-state index in [4.69, 9.17) is 0 Å². The summed E-state index contributed by atoms with van der Waals surface area (Å²) < 4.78 is 28.5. The predicted molar refractivity (Wildman–Crippen MR) is 103 cm³/mol. The number of hydrogen-bond donors (Lipinski definition) is 0. The van der Waals surface area contributed by atoms with Crippen molar-refractivity contribution in [3.63, 3.8) is 0 Å². The van der Waals surface area contributed by atoms with Crippen molar-refractivity contribution in [2.24, 2.45) is 5.92 Å². The summed E-state index contributed by atoms with van der Waals surface area (Å²) in [5, 5.41) is 0. The van der Waals surface area contributed by atoms with Crippen LogP contribution in [0.5, 0.6) is 0 Å². The van der Waals surface area contributed by atoms with Crippen LogP contribution in [0, 0.1) is 17.6 Å². The fourth-order valence-corrected chi connectivity index (χ4v) is 5.61. The average molecular weight is 400 g/mol. The van der Waals surface area contributed by atoms with Gasteiger partial charge < -0.3 is 9.80 Å². The van der Waals surface area contributed by atoms with Gasteiger partial charge in [0.2, 0.25) is 5.91 Å². The normalized spacial score (nSPS) is 23.6. The maximum Gasteiger partial charge on any atom is 0.268 e. The van der Waals surface area contributed by atoms with E-state index in [1.165, 1.54) is 34.9 Å². The molecule has 4 nitrogen and oxygen atoms in total. The Kier molecular flexibility index (Phi) is 3.98. The standard InChI is InChI=1S/C21H18F2N2O2S/c22-16-5-3-6-17(23)14(16)12-24-18-7-2-1-4-15(18)21(20(24)27)25(10-11-28-21)19(26)13-8-9-13/h1-7,13H,8-12H2/t21-/m1/s1. The number of hydrogen-bond acceptors (Lipinski definition) is 3. The van der Waals surface area contributed by atoms with Crippen LogP contribution in [0.1, 0.15) is 24.0 Å². The van der Waals surface area contributed by atoms with Crippen LogP contribution >= 0.6 is 11.8 Å². The van der Waals surface area contributed by atoms with Crippen LogP contribution in [0.4, 0.5) is 14.5 Å². The molecule has 2 fully saturated rings. The van der Waals surface area contributed by atoms with Gasteiger partial charge in [0, 0.05) is 29.3 Å². The Morgan fingerprint density at radius 2 is 1.82 bits per heavy atom. The number of halogens is 2. The second kappa shape index (κ2) is 6.30. The summed E-state index contributed by atoms with van der Waals surface area (Å²) in [6.07, 6.45) is 1.71. The summed E-state index contributed by atoms with van der Waals surface area (Å²) in [4.78, 5) is 28.5. The van der Waals surface area contributed by atoms with Gasteiger partial charge in [0.05, 0.1) is 12.2 Å². The first-order valence-corrected chi connectivity index (χ1v) is 10.3. The minimum Gasteiger partial charge on any atom is -0.315 e. The monoisotopic (exact) mass is 400 g/mol. The second-order valence-corrected chi connectivity index (χ2v) is 8.65. The highest BCUT2D eigenvalue weighted by molar-refractivity contribution is 8.01. The number of amides is 2. The average Bonchev–Trinajstić information content (AvgIpc) is 3.41. The molecule has 3 aliphatic rings. The van der Waals surface area contributed by atoms with Gasteiger partial charge in [-0.1, -0.05) is 24.3 Å². The van der Waals surface area contributed by atoms with Gasteiger partial charge in [0.25, 0.3) is 5.91 Å². The van der Waals surface area contributed by atoms with Crippen LogP contribution in [0.25, 0.3) is 0 Å². The number of carbonyl (C=O) groups is 2. The number of anilines is 1. The molecule has 0 radical (unpaired) electrons. The largest absolute Gasteiger partial charge is 0.315 e. The van der Waals surface area contributed by atoms with Crippen LogP contribution in [0.3, 0.4) is 0 Å². The lowest BCUT2D eigenvalue weighted by Crippen LogP contribution is -2.50. The van der Waals surface area contributed by atoms with Crippen molar-refractivity contribution in [2.45, 2.75) is 24.3 Å². The van der Waals surface area contributed by atoms with E-state index >= 15 is 0 Å². The van der Waals surface area contributed by atoms with Gasteiger partial charge in [-0.25, -0.2) is 8.78 Å². The summed E-state index contributed by atoms with van der Waals surface area (Å²) in [5.41, 5.74) is 1.19. The van der Waals surface area contributed by atoms with Crippen molar-refractivity contribution in [3.8, 4) is 0 Å². The van der Waals surface area contributed by atoms with E-state index in [1.807, 2.05) is 12.1 Å². The molecule has 1 aliphatic carbocycles. The molecule has 2 aliphatic heterocycles. The fraction of sp³-hybridized carbons (Fsp3) is 0.333. The third-order valence-corrected chi connectivity index (χ3v) is 7.09. The van der Waals surface area contributed by atoms with Gasteiger partial charge in [0.15, 0.2) is 4.87 Å². The van der Waals surface area contributed by atoms with Gasteiger partial charge >= 0.3 is 0 Å². The minimum absolute atomic E-state index is 0.00593. The minimum atomic E-state index is -1.13. The summed E-state index contributed by atoms with van der Waals surface area (Å²) in [7, 11) is 0. The molecule has 28 heavy (non-hydrogen) atoms. The van der Waals surface area contributed by atoms with E-state index in [9.17, 15) is 18.4 Å². The van der Waals surface area contributed by atoms with Crippen LogP contribution in [-0.4, -0.2) is 29.0 Å². The summed E-state index contributed by atoms with van der Waals surface area (Å²) in [6, 6.07) is 10.9. The van der Waals surface area contributed by atoms with Crippen LogP contribution in [0.2, 0.25) is 0 Å². The Bertz CT molecular complexity index is 974. The third-order valence-electron chi connectivity index (χ3n) is 5.67. The van der Waals surface area contributed by atoms with Gasteiger partial charge in [-0.3, -0.25) is 9.59 Å². The number of para-hydroxylation sites is 1. The Morgan fingerprint density at radius 3 is 2.54 bits per heavy atom. The van der Waals surface area contributed by atoms with Crippen LogP contribution < -0.4 is 4.90 Å². The first-order chi connectivity index (χ1) is 13.5. The summed E-state index contributed by atoms with van der Waals surface area (Å²) in [5.74, 6) is -1.01. The van der Waals surface area contributed by atoms with Crippen molar-refractivity contribution in [1.29, 1.82) is 0 Å². The highest BCUT2D eigenvalue weighted by Crippen LogP contribution is 2.55. The highest BCUT2D eigenvalue weighted by Gasteiger charge is 2.60. The lowest BCUT2D eigenvalue weighted by atomic mass is 10.1. The number of fused-ring (bicyclic) bond motifs is 2. The van der Waals surface area contributed by atoms with E-state index in [0.29, 0.717) is 18.0 Å². The Hall–Kier alpha value is -2.41. The zero-order valence-corrected chi connectivity index (χ0v) is 15.8. The van der Waals surface area contributed by atoms with Crippen molar-refractivity contribution < 1.29 is 18.4 Å². The van der Waals surface area contributed by atoms with E-state index in [0.717, 1.165) is 18.4 Å². The van der Waals surface area contributed by atoms with Gasteiger partial charge in [-0.15, -0.1) is 11.8 Å². The molecular formula is C21H18F2N2O2S. The molecule has 1 spiro atoms. The molecular weight excluding hydrogens is 382 g/mol. The molecule has 7 heteroatoms. The number of thioether (sulfide) groups is 1. The summed E-state index contributed by atoms with van der Waals surface area (Å²) in [6.45, 7) is 0.296. The van der Waals surface area contributed by atoms with Crippen LogP contribution in [0.15, 0.2) is 42.5 Å². The Balaban J connectivity index is 1.60. The second-order valence-electron chi connectivity index (χ2n) is 7.37. The molecule has 2 heterocycles. The molecule has 1 saturated heterocycles. The van der Waals surface area contributed by atoms with Gasteiger partial charge in [-0.2, -0.15) is 0 Å². The maximum absolute atomic E-state index is 14.2. The zero-order valence-electron chi connectivity index (χ0n) is 15.0. The topological polar surface area (TPSA) is 40.6 Å². The number of nitrogens with zero attached hydrogens (tertiary/aromatic N) is 2. The lowest BCUT2D eigenvalue weighted by Gasteiger charge is -2.33. The fourth-order valence-electron chi connectivity index (χ4n) is 4.14. The van der Waals surface area contributed by atoms with Gasteiger partial charge in [0.1, 0.15) is 11.6 Å².